The van der Waals surface area contributed by atoms with Crippen LogP contribution in [0, 0.1) is 6.92 Å². The van der Waals surface area contributed by atoms with Crippen molar-refractivity contribution in [3.05, 3.63) is 29.3 Å². The summed E-state index contributed by atoms with van der Waals surface area (Å²) in [5.41, 5.74) is 0.992. The van der Waals surface area contributed by atoms with Gasteiger partial charge in [-0.2, -0.15) is 0 Å². The van der Waals surface area contributed by atoms with E-state index in [1.165, 1.54) is 11.3 Å². The average Bonchev–Trinajstić information content (AvgIpc) is 3.06. The lowest BCUT2D eigenvalue weighted by Gasteiger charge is -2.36. The molecule has 0 aliphatic carbocycles. The largest absolute Gasteiger partial charge is 0.495 e. The molecule has 1 aromatic carbocycles. The molecule has 8 nitrogen and oxygen atoms in total. The molecule has 1 fully saturated rings. The number of hydrogen-bond acceptors (Lipinski definition) is 7. The molecule has 0 bridgehead atoms. The van der Waals surface area contributed by atoms with Crippen molar-refractivity contribution >= 4 is 34.0 Å². The second-order valence-electron chi connectivity index (χ2n) is 5.53. The summed E-state index contributed by atoms with van der Waals surface area (Å²) in [6.45, 7) is 4.00. The SMILES string of the molecule is COc1ccccc1N1CCN(C(=O)C(=O)Nc2nnc(C)s2)CC1. The summed E-state index contributed by atoms with van der Waals surface area (Å²) in [6.07, 6.45) is 0. The van der Waals surface area contributed by atoms with Crippen LogP contribution in [0.3, 0.4) is 0 Å². The van der Waals surface area contributed by atoms with Crippen molar-refractivity contribution in [3.8, 4) is 5.75 Å². The van der Waals surface area contributed by atoms with E-state index in [2.05, 4.69) is 20.4 Å². The first kappa shape index (κ1) is 17.2. The van der Waals surface area contributed by atoms with Gasteiger partial charge in [0.1, 0.15) is 10.8 Å². The first-order chi connectivity index (χ1) is 12.1. The van der Waals surface area contributed by atoms with Crippen molar-refractivity contribution in [3.63, 3.8) is 0 Å². The molecule has 0 spiro atoms. The Kier molecular flexibility index (Phi) is 5.13. The zero-order valence-corrected chi connectivity index (χ0v) is 14.9. The number of amides is 2. The van der Waals surface area contributed by atoms with Gasteiger partial charge in [0.25, 0.3) is 0 Å². The number of anilines is 2. The molecule has 1 aliphatic heterocycles. The number of hydrogen-bond donors (Lipinski definition) is 1. The zero-order valence-electron chi connectivity index (χ0n) is 14.1. The van der Waals surface area contributed by atoms with E-state index < -0.39 is 11.8 Å². The van der Waals surface area contributed by atoms with Crippen LogP contribution in [-0.2, 0) is 9.59 Å². The van der Waals surface area contributed by atoms with E-state index in [1.807, 2.05) is 24.3 Å². The number of benzene rings is 1. The van der Waals surface area contributed by atoms with Gasteiger partial charge < -0.3 is 14.5 Å². The van der Waals surface area contributed by atoms with Crippen LogP contribution in [-0.4, -0.2) is 60.2 Å². The van der Waals surface area contributed by atoms with Crippen LogP contribution in [0.1, 0.15) is 5.01 Å². The number of ether oxygens (including phenoxy) is 1. The van der Waals surface area contributed by atoms with Crippen LogP contribution in [0.25, 0.3) is 0 Å². The average molecular weight is 361 g/mol. The van der Waals surface area contributed by atoms with Crippen LogP contribution in [0.5, 0.6) is 5.75 Å². The number of nitrogens with zero attached hydrogens (tertiary/aromatic N) is 4. The normalized spacial score (nSPS) is 14.3. The Morgan fingerprint density at radius 3 is 2.52 bits per heavy atom. The zero-order chi connectivity index (χ0) is 17.8. The van der Waals surface area contributed by atoms with E-state index in [0.29, 0.717) is 31.3 Å². The standard InChI is InChI=1S/C16H19N5O3S/c1-11-18-19-16(25-11)17-14(22)15(23)21-9-7-20(8-10-21)12-5-3-4-6-13(12)24-2/h3-6H,7-10H2,1-2H3,(H,17,19,22). The molecule has 25 heavy (non-hydrogen) atoms. The van der Waals surface area contributed by atoms with E-state index in [-0.39, 0.29) is 0 Å². The maximum Gasteiger partial charge on any atom is 0.315 e. The lowest BCUT2D eigenvalue weighted by atomic mass is 10.2. The minimum absolute atomic E-state index is 0.337. The number of nitrogens with one attached hydrogen (secondary N) is 1. The molecule has 132 valence electrons. The Labute approximate surface area is 149 Å². The summed E-state index contributed by atoms with van der Waals surface area (Å²) in [7, 11) is 1.64. The van der Waals surface area contributed by atoms with Gasteiger partial charge in [0.05, 0.1) is 12.8 Å². The van der Waals surface area contributed by atoms with Gasteiger partial charge in [-0.1, -0.05) is 23.5 Å². The molecule has 0 saturated carbocycles. The number of carbonyl (C=O) groups is 2. The molecule has 1 aliphatic rings. The minimum atomic E-state index is -0.679. The molecule has 1 N–H and O–H groups in total. The lowest BCUT2D eigenvalue weighted by Crippen LogP contribution is -2.51. The summed E-state index contributed by atoms with van der Waals surface area (Å²) in [4.78, 5) is 28.1. The summed E-state index contributed by atoms with van der Waals surface area (Å²) < 4.78 is 5.38. The molecule has 9 heteroatoms. The number of aryl methyl sites for hydroxylation is 1. The van der Waals surface area contributed by atoms with E-state index in [9.17, 15) is 9.59 Å². The lowest BCUT2D eigenvalue weighted by molar-refractivity contribution is -0.143. The molecule has 0 radical (unpaired) electrons. The van der Waals surface area contributed by atoms with Crippen molar-refractivity contribution < 1.29 is 14.3 Å². The molecular weight excluding hydrogens is 342 g/mol. The predicted molar refractivity (Wildman–Crippen MR) is 95.1 cm³/mol. The van der Waals surface area contributed by atoms with Crippen LogP contribution >= 0.6 is 11.3 Å². The van der Waals surface area contributed by atoms with Crippen molar-refractivity contribution in [2.45, 2.75) is 6.92 Å². The van der Waals surface area contributed by atoms with E-state index in [4.69, 9.17) is 4.74 Å². The van der Waals surface area contributed by atoms with E-state index in [0.717, 1.165) is 16.4 Å². The van der Waals surface area contributed by atoms with Crippen molar-refractivity contribution in [2.24, 2.45) is 0 Å². The highest BCUT2D eigenvalue weighted by Gasteiger charge is 2.27. The summed E-state index contributed by atoms with van der Waals surface area (Å²) in [5, 5.41) is 11.2. The number of rotatable bonds is 3. The maximum atomic E-state index is 12.3. The van der Waals surface area contributed by atoms with Gasteiger partial charge in [0.2, 0.25) is 5.13 Å². The fourth-order valence-corrected chi connectivity index (χ4v) is 3.27. The number of carbonyl (C=O) groups excluding carboxylic acids is 2. The van der Waals surface area contributed by atoms with Gasteiger partial charge in [-0.05, 0) is 19.1 Å². The van der Waals surface area contributed by atoms with Gasteiger partial charge in [0, 0.05) is 26.2 Å². The Morgan fingerprint density at radius 1 is 1.16 bits per heavy atom. The van der Waals surface area contributed by atoms with Gasteiger partial charge in [-0.25, -0.2) is 0 Å². The molecular formula is C16H19N5O3S. The first-order valence-corrected chi connectivity index (χ1v) is 8.68. The predicted octanol–water partition coefficient (Wildman–Crippen LogP) is 1.14. The highest BCUT2D eigenvalue weighted by atomic mass is 32.1. The van der Waals surface area contributed by atoms with Crippen LogP contribution in [0.4, 0.5) is 10.8 Å². The molecule has 2 heterocycles. The Hall–Kier alpha value is -2.68. The number of para-hydroxylation sites is 2. The molecule has 3 rings (SSSR count). The molecule has 2 aromatic rings. The second kappa shape index (κ2) is 7.47. The van der Waals surface area contributed by atoms with Gasteiger partial charge in [-0.15, -0.1) is 10.2 Å². The van der Waals surface area contributed by atoms with E-state index >= 15 is 0 Å². The topological polar surface area (TPSA) is 87.7 Å². The van der Waals surface area contributed by atoms with Crippen LogP contribution in [0.15, 0.2) is 24.3 Å². The Bertz CT molecular complexity index is 771. The third-order valence-electron chi connectivity index (χ3n) is 3.93. The Balaban J connectivity index is 1.58. The number of aromatic nitrogens is 2. The first-order valence-electron chi connectivity index (χ1n) is 7.87. The summed E-state index contributed by atoms with van der Waals surface area (Å²) >= 11 is 1.23. The third kappa shape index (κ3) is 3.87. The van der Waals surface area contributed by atoms with E-state index in [1.54, 1.807) is 18.9 Å². The van der Waals surface area contributed by atoms with Gasteiger partial charge >= 0.3 is 11.8 Å². The highest BCUT2D eigenvalue weighted by molar-refractivity contribution is 7.15. The quantitative estimate of drug-likeness (QED) is 0.825. The molecule has 1 saturated heterocycles. The van der Waals surface area contributed by atoms with Crippen molar-refractivity contribution in [2.75, 3.05) is 43.5 Å². The summed E-state index contributed by atoms with van der Waals surface area (Å²) in [6, 6.07) is 7.76. The van der Waals surface area contributed by atoms with Gasteiger partial charge in [0.15, 0.2) is 0 Å². The smallest absolute Gasteiger partial charge is 0.315 e. The molecule has 2 amide bonds. The summed E-state index contributed by atoms with van der Waals surface area (Å²) in [5.74, 6) is -0.430. The highest BCUT2D eigenvalue weighted by Crippen LogP contribution is 2.28. The maximum absolute atomic E-state index is 12.3. The number of methoxy groups -OCH3 is 1. The monoisotopic (exact) mass is 361 g/mol. The van der Waals surface area contributed by atoms with Crippen LogP contribution in [0.2, 0.25) is 0 Å². The minimum Gasteiger partial charge on any atom is -0.495 e. The molecule has 1 aromatic heterocycles. The third-order valence-corrected chi connectivity index (χ3v) is 4.69. The van der Waals surface area contributed by atoms with Crippen molar-refractivity contribution in [1.82, 2.24) is 15.1 Å². The van der Waals surface area contributed by atoms with Gasteiger partial charge in [-0.3, -0.25) is 14.9 Å². The van der Waals surface area contributed by atoms with Crippen LogP contribution < -0.4 is 15.0 Å². The number of piperazine rings is 1. The molecule has 0 unspecified atom stereocenters. The second-order valence-corrected chi connectivity index (χ2v) is 6.71. The fraction of sp³-hybridized carbons (Fsp3) is 0.375. The Morgan fingerprint density at radius 2 is 1.88 bits per heavy atom. The molecule has 0 atom stereocenters. The fourth-order valence-electron chi connectivity index (χ4n) is 2.68. The van der Waals surface area contributed by atoms with Crippen molar-refractivity contribution in [1.29, 1.82) is 0 Å².